The molecule has 2 rings (SSSR count). The van der Waals surface area contributed by atoms with Gasteiger partial charge in [-0.1, -0.05) is 54.6 Å². The number of aliphatic hydroxyl groups is 1. The van der Waals surface area contributed by atoms with Gasteiger partial charge >= 0.3 is 0 Å². The Bertz CT molecular complexity index is 434. The Morgan fingerprint density at radius 3 is 2.13 bits per heavy atom. The zero-order chi connectivity index (χ0) is 10.7. The van der Waals surface area contributed by atoms with Gasteiger partial charge in [-0.3, -0.25) is 0 Å². The number of aryl methyl sites for hydroxylation is 1. The maximum Gasteiger partial charge on any atom is 0.152 e. The Kier molecular flexibility index (Phi) is 2.84. The molecule has 0 atom stereocenters. The van der Waals surface area contributed by atoms with Crippen molar-refractivity contribution in [1.29, 1.82) is 0 Å². The number of rotatable bonds is 2. The van der Waals surface area contributed by atoms with Crippen LogP contribution in [0, 0.1) is 13.0 Å². The van der Waals surface area contributed by atoms with Crippen molar-refractivity contribution in [2.24, 2.45) is 0 Å². The van der Waals surface area contributed by atoms with Crippen molar-refractivity contribution in [1.82, 2.24) is 0 Å². The zero-order valence-corrected chi connectivity index (χ0v) is 8.64. The molecule has 1 radical (unpaired) electrons. The molecule has 1 heteroatoms. The molecule has 0 aliphatic rings. The second kappa shape index (κ2) is 4.28. The largest absolute Gasteiger partial charge is 0.377 e. The van der Waals surface area contributed by atoms with Crippen LogP contribution in [0.2, 0.25) is 0 Å². The topological polar surface area (TPSA) is 20.2 Å². The second-order valence-electron chi connectivity index (χ2n) is 3.53. The van der Waals surface area contributed by atoms with Crippen molar-refractivity contribution in [3.05, 3.63) is 77.4 Å². The molecule has 0 unspecified atom stereocenters. The predicted molar refractivity (Wildman–Crippen MR) is 61.0 cm³/mol. The van der Waals surface area contributed by atoms with E-state index in [1.54, 1.807) is 0 Å². The average Bonchev–Trinajstić information content (AvgIpc) is 2.30. The zero-order valence-electron chi connectivity index (χ0n) is 8.64. The van der Waals surface area contributed by atoms with E-state index in [9.17, 15) is 5.11 Å². The summed E-state index contributed by atoms with van der Waals surface area (Å²) in [6, 6.07) is 17.4. The van der Waals surface area contributed by atoms with E-state index >= 15 is 0 Å². The number of benzene rings is 2. The van der Waals surface area contributed by atoms with Crippen LogP contribution in [0.15, 0.2) is 54.6 Å². The van der Waals surface area contributed by atoms with E-state index in [1.165, 1.54) is 0 Å². The van der Waals surface area contributed by atoms with Crippen LogP contribution in [0.5, 0.6) is 0 Å². The van der Waals surface area contributed by atoms with Crippen LogP contribution < -0.4 is 0 Å². The minimum Gasteiger partial charge on any atom is -0.377 e. The Morgan fingerprint density at radius 2 is 1.47 bits per heavy atom. The Hall–Kier alpha value is -1.60. The molecular formula is C14H13O. The molecule has 75 valence electrons. The molecule has 2 aromatic carbocycles. The van der Waals surface area contributed by atoms with Crippen LogP contribution in [0.3, 0.4) is 0 Å². The average molecular weight is 197 g/mol. The fourth-order valence-electron chi connectivity index (χ4n) is 1.59. The molecule has 15 heavy (non-hydrogen) atoms. The van der Waals surface area contributed by atoms with E-state index in [-0.39, 0.29) is 0 Å². The number of hydrogen-bond donors (Lipinski definition) is 1. The first kappa shape index (κ1) is 9.94. The summed E-state index contributed by atoms with van der Waals surface area (Å²) in [5.74, 6) is 0. The molecule has 0 amide bonds. The van der Waals surface area contributed by atoms with Crippen LogP contribution in [0.1, 0.15) is 16.7 Å². The molecule has 0 saturated carbocycles. The third-order valence-electron chi connectivity index (χ3n) is 2.45. The monoisotopic (exact) mass is 197 g/mol. The predicted octanol–water partition coefficient (Wildman–Crippen LogP) is 3.30. The molecule has 0 bridgehead atoms. The highest BCUT2D eigenvalue weighted by Gasteiger charge is 2.12. The lowest BCUT2D eigenvalue weighted by Gasteiger charge is -2.12. The molecule has 2 aromatic rings. The summed E-state index contributed by atoms with van der Waals surface area (Å²) in [5.41, 5.74) is 2.83. The lowest BCUT2D eigenvalue weighted by molar-refractivity contribution is 0.356. The van der Waals surface area contributed by atoms with Gasteiger partial charge in [-0.15, -0.1) is 0 Å². The van der Waals surface area contributed by atoms with Crippen LogP contribution in [0.25, 0.3) is 0 Å². The molecule has 0 aromatic heterocycles. The van der Waals surface area contributed by atoms with Gasteiger partial charge in [0.2, 0.25) is 0 Å². The summed E-state index contributed by atoms with van der Waals surface area (Å²) in [6.45, 7) is 1.99. The van der Waals surface area contributed by atoms with Gasteiger partial charge in [0, 0.05) is 0 Å². The second-order valence-corrected chi connectivity index (χ2v) is 3.53. The summed E-state index contributed by atoms with van der Waals surface area (Å²) in [4.78, 5) is 0. The van der Waals surface area contributed by atoms with Crippen LogP contribution in [-0.4, -0.2) is 5.11 Å². The van der Waals surface area contributed by atoms with Gasteiger partial charge < -0.3 is 5.11 Å². The fraction of sp³-hybridized carbons (Fsp3) is 0.0714. The summed E-state index contributed by atoms with van der Waals surface area (Å²) >= 11 is 0. The first-order valence-corrected chi connectivity index (χ1v) is 4.96. The first-order valence-electron chi connectivity index (χ1n) is 4.96. The van der Waals surface area contributed by atoms with E-state index in [0.717, 1.165) is 16.7 Å². The molecule has 0 fully saturated rings. The third kappa shape index (κ3) is 2.08. The summed E-state index contributed by atoms with van der Waals surface area (Å²) < 4.78 is 0. The van der Waals surface area contributed by atoms with Gasteiger partial charge in [0.1, 0.15) is 0 Å². The maximum atomic E-state index is 10.1. The van der Waals surface area contributed by atoms with Gasteiger partial charge in [0.15, 0.2) is 6.10 Å². The van der Waals surface area contributed by atoms with Gasteiger partial charge in [-0.2, -0.15) is 0 Å². The normalized spacial score (nSPS) is 10.6. The minimum absolute atomic E-state index is 0.341. The van der Waals surface area contributed by atoms with Crippen molar-refractivity contribution in [3.63, 3.8) is 0 Å². The van der Waals surface area contributed by atoms with Crippen molar-refractivity contribution >= 4 is 0 Å². The summed E-state index contributed by atoms with van der Waals surface area (Å²) in [6.07, 6.45) is 0.341. The molecule has 0 aliphatic carbocycles. The van der Waals surface area contributed by atoms with Crippen LogP contribution in [0.4, 0.5) is 0 Å². The van der Waals surface area contributed by atoms with E-state index < -0.39 is 0 Å². The lowest BCUT2D eigenvalue weighted by atomic mass is 9.98. The van der Waals surface area contributed by atoms with E-state index in [4.69, 9.17) is 0 Å². The Morgan fingerprint density at radius 1 is 0.867 bits per heavy atom. The molecule has 1 N–H and O–H groups in total. The van der Waals surface area contributed by atoms with Crippen molar-refractivity contribution in [3.8, 4) is 0 Å². The van der Waals surface area contributed by atoms with Gasteiger partial charge in [-0.05, 0) is 23.6 Å². The Balaban J connectivity index is 2.37. The minimum atomic E-state index is 0.341. The molecule has 0 saturated heterocycles. The maximum absolute atomic E-state index is 10.1. The summed E-state index contributed by atoms with van der Waals surface area (Å²) in [7, 11) is 0. The van der Waals surface area contributed by atoms with E-state index in [2.05, 4.69) is 0 Å². The summed E-state index contributed by atoms with van der Waals surface area (Å²) in [5, 5.41) is 10.1. The highest BCUT2D eigenvalue weighted by atomic mass is 16.3. The first-order chi connectivity index (χ1) is 7.29. The van der Waals surface area contributed by atoms with E-state index in [1.807, 2.05) is 61.5 Å². The van der Waals surface area contributed by atoms with Crippen molar-refractivity contribution in [2.45, 2.75) is 6.92 Å². The number of aliphatic hydroxyl groups excluding tert-OH is 1. The highest BCUT2D eigenvalue weighted by Crippen LogP contribution is 2.22. The molecule has 0 heterocycles. The molecule has 1 nitrogen and oxygen atoms in total. The van der Waals surface area contributed by atoms with Gasteiger partial charge in [0.05, 0.1) is 0 Å². The number of hydrogen-bond acceptors (Lipinski definition) is 1. The smallest absolute Gasteiger partial charge is 0.152 e. The highest BCUT2D eigenvalue weighted by molar-refractivity contribution is 5.44. The van der Waals surface area contributed by atoms with Crippen molar-refractivity contribution < 1.29 is 5.11 Å². The molecule has 0 aliphatic heterocycles. The van der Waals surface area contributed by atoms with Crippen LogP contribution in [-0.2, 0) is 0 Å². The fourth-order valence-corrected chi connectivity index (χ4v) is 1.59. The van der Waals surface area contributed by atoms with Crippen LogP contribution >= 0.6 is 0 Å². The Labute approximate surface area is 90.0 Å². The van der Waals surface area contributed by atoms with Crippen molar-refractivity contribution in [2.75, 3.05) is 0 Å². The van der Waals surface area contributed by atoms with E-state index in [0.29, 0.717) is 6.10 Å². The standard InChI is InChI=1S/C14H13O/c1-11-7-5-6-10-13(11)14(15)12-8-3-2-4-9-12/h2-10,15H,1H3. The SMILES string of the molecule is Cc1ccccc1[C](O)c1ccccc1. The third-order valence-corrected chi connectivity index (χ3v) is 2.45. The lowest BCUT2D eigenvalue weighted by Crippen LogP contribution is -2.02. The quantitative estimate of drug-likeness (QED) is 0.783. The van der Waals surface area contributed by atoms with Gasteiger partial charge in [-0.25, -0.2) is 0 Å². The van der Waals surface area contributed by atoms with Gasteiger partial charge in [0.25, 0.3) is 0 Å². The molecular weight excluding hydrogens is 184 g/mol. The molecule has 0 spiro atoms.